The molecule has 4 nitrogen and oxygen atoms in total. The molecule has 2 atom stereocenters. The molecule has 4 heteroatoms. The zero-order valence-electron chi connectivity index (χ0n) is 25.0. The summed E-state index contributed by atoms with van der Waals surface area (Å²) < 4.78 is 17.8. The van der Waals surface area contributed by atoms with E-state index < -0.39 is 5.41 Å². The number of rotatable bonds is 11. The first kappa shape index (κ1) is 30.3. The molecule has 0 N–H and O–H groups in total. The third-order valence-corrected chi connectivity index (χ3v) is 8.22. The smallest absolute Gasteiger partial charge is 0.311 e. The lowest BCUT2D eigenvalue weighted by molar-refractivity contribution is -0.152. The lowest BCUT2D eigenvalue weighted by Gasteiger charge is -2.41. The second-order valence-electron chi connectivity index (χ2n) is 13.1. The zero-order chi connectivity index (χ0) is 27.3. The summed E-state index contributed by atoms with van der Waals surface area (Å²) in [5.41, 5.74) is 3.07. The van der Waals surface area contributed by atoms with Crippen LogP contribution in [0.5, 0.6) is 11.5 Å². The van der Waals surface area contributed by atoms with Crippen LogP contribution in [0.4, 0.5) is 0 Å². The van der Waals surface area contributed by atoms with Gasteiger partial charge in [0.15, 0.2) is 0 Å². The van der Waals surface area contributed by atoms with E-state index in [0.717, 1.165) is 29.9 Å². The summed E-state index contributed by atoms with van der Waals surface area (Å²) in [5, 5.41) is 0. The van der Waals surface area contributed by atoms with Gasteiger partial charge in [-0.1, -0.05) is 73.3 Å². The molecular formula is C32H52O4. The van der Waals surface area contributed by atoms with Crippen molar-refractivity contribution in [3.8, 4) is 11.5 Å². The van der Waals surface area contributed by atoms with E-state index in [1.807, 2.05) is 20.8 Å². The van der Waals surface area contributed by atoms with Crippen LogP contribution in [-0.4, -0.2) is 26.8 Å². The van der Waals surface area contributed by atoms with Crippen molar-refractivity contribution in [1.82, 2.24) is 0 Å². The predicted octanol–water partition coefficient (Wildman–Crippen LogP) is 8.62. The molecule has 2 rings (SSSR count). The average molecular weight is 501 g/mol. The number of methoxy groups -OCH3 is 2. The second-order valence-corrected chi connectivity index (χ2v) is 13.1. The van der Waals surface area contributed by atoms with E-state index in [2.05, 4.69) is 59.8 Å². The van der Waals surface area contributed by atoms with Gasteiger partial charge in [-0.25, -0.2) is 0 Å². The van der Waals surface area contributed by atoms with E-state index in [1.165, 1.54) is 36.8 Å². The maximum absolute atomic E-state index is 12.5. The summed E-state index contributed by atoms with van der Waals surface area (Å²) >= 11 is 0. The van der Waals surface area contributed by atoms with Crippen LogP contribution in [0.25, 0.3) is 0 Å². The molecular weight excluding hydrogens is 448 g/mol. The summed E-state index contributed by atoms with van der Waals surface area (Å²) in [7, 11) is 3.51. The summed E-state index contributed by atoms with van der Waals surface area (Å²) in [6.07, 6.45) is 9.43. The fourth-order valence-electron chi connectivity index (χ4n) is 5.26. The highest BCUT2D eigenvalue weighted by Crippen LogP contribution is 2.51. The molecule has 0 bridgehead atoms. The maximum Gasteiger partial charge on any atom is 0.311 e. The first-order valence-electron chi connectivity index (χ1n) is 13.8. The van der Waals surface area contributed by atoms with Crippen LogP contribution in [0.2, 0.25) is 0 Å². The molecule has 0 spiro atoms. The van der Waals surface area contributed by atoms with Crippen LogP contribution in [0.15, 0.2) is 23.8 Å². The number of hydrogen-bond acceptors (Lipinski definition) is 4. The van der Waals surface area contributed by atoms with E-state index in [-0.39, 0.29) is 22.7 Å². The van der Waals surface area contributed by atoms with E-state index in [9.17, 15) is 4.79 Å². The predicted molar refractivity (Wildman–Crippen MR) is 150 cm³/mol. The Kier molecular flexibility index (Phi) is 10.1. The summed E-state index contributed by atoms with van der Waals surface area (Å²) in [5.74, 6) is 2.01. The molecule has 0 aliphatic heterocycles. The summed E-state index contributed by atoms with van der Waals surface area (Å²) in [4.78, 5) is 12.5. The first-order valence-corrected chi connectivity index (χ1v) is 13.8. The van der Waals surface area contributed by atoms with E-state index in [0.29, 0.717) is 12.5 Å². The minimum atomic E-state index is -0.515. The Hall–Kier alpha value is -1.97. The zero-order valence-corrected chi connectivity index (χ0v) is 25.0. The quantitative estimate of drug-likeness (QED) is 0.173. The van der Waals surface area contributed by atoms with E-state index >= 15 is 0 Å². The highest BCUT2D eigenvalue weighted by atomic mass is 16.5. The number of hydrogen-bond donors (Lipinski definition) is 0. The number of benzene rings is 1. The Bertz CT molecular complexity index is 892. The normalized spacial score (nSPS) is 20.0. The minimum Gasteiger partial charge on any atom is -0.496 e. The SMILES string of the molecule is CCCCCCC(C)(C)c1cc(OC)c([C@H]2C=C(COC(=O)C(C)(C)C)[C@@H](C)C(C)(C)C2)c(OC)c1. The largest absolute Gasteiger partial charge is 0.496 e. The van der Waals surface area contributed by atoms with Crippen molar-refractivity contribution in [3.63, 3.8) is 0 Å². The molecule has 0 amide bonds. The van der Waals surface area contributed by atoms with Gasteiger partial charge in [0.1, 0.15) is 18.1 Å². The van der Waals surface area contributed by atoms with Crippen LogP contribution in [0, 0.1) is 16.7 Å². The van der Waals surface area contributed by atoms with Crippen LogP contribution >= 0.6 is 0 Å². The topological polar surface area (TPSA) is 44.8 Å². The molecule has 0 radical (unpaired) electrons. The second kappa shape index (κ2) is 12.0. The van der Waals surface area contributed by atoms with Crippen molar-refractivity contribution in [1.29, 1.82) is 0 Å². The fraction of sp³-hybridized carbons (Fsp3) is 0.719. The standard InChI is InChI=1S/C32H52O4/c1-12-13-14-15-16-31(6,7)25-18-26(34-10)28(27(19-25)35-11)23-17-24(22(2)32(8,9)20-23)21-36-29(33)30(3,4)5/h17-19,22-23H,12-16,20-21H2,1-11H3/t22-,23+/m1/s1. The number of allylic oxidation sites excluding steroid dienone is 1. The van der Waals surface area contributed by atoms with Crippen LogP contribution < -0.4 is 9.47 Å². The lowest BCUT2D eigenvalue weighted by Crippen LogP contribution is -2.33. The van der Waals surface area contributed by atoms with Gasteiger partial charge in [0.2, 0.25) is 0 Å². The molecule has 0 fully saturated rings. The van der Waals surface area contributed by atoms with Crippen molar-refractivity contribution in [2.75, 3.05) is 20.8 Å². The first-order chi connectivity index (χ1) is 16.7. The number of ether oxygens (including phenoxy) is 3. The summed E-state index contributed by atoms with van der Waals surface area (Å²) in [6.45, 7) is 19.7. The van der Waals surface area contributed by atoms with Gasteiger partial charge in [-0.15, -0.1) is 0 Å². The van der Waals surface area contributed by atoms with Gasteiger partial charge in [-0.3, -0.25) is 4.79 Å². The van der Waals surface area contributed by atoms with E-state index in [4.69, 9.17) is 14.2 Å². The molecule has 1 aliphatic carbocycles. The van der Waals surface area contributed by atoms with E-state index in [1.54, 1.807) is 14.2 Å². The lowest BCUT2D eigenvalue weighted by atomic mass is 9.64. The molecule has 0 aromatic heterocycles. The molecule has 0 heterocycles. The van der Waals surface area contributed by atoms with Crippen LogP contribution in [-0.2, 0) is 14.9 Å². The molecule has 1 aliphatic rings. The number of carbonyl (C=O) groups is 1. The molecule has 1 aromatic rings. The Balaban J connectivity index is 2.46. The monoisotopic (exact) mass is 500 g/mol. The van der Waals surface area contributed by atoms with Crippen LogP contribution in [0.3, 0.4) is 0 Å². The molecule has 204 valence electrons. The molecule has 36 heavy (non-hydrogen) atoms. The number of esters is 1. The number of unbranched alkanes of at least 4 members (excludes halogenated alkanes) is 3. The van der Waals surface area contributed by atoms with Crippen molar-refractivity contribution >= 4 is 5.97 Å². The van der Waals surface area contributed by atoms with Gasteiger partial charge < -0.3 is 14.2 Å². The van der Waals surface area contributed by atoms with Gasteiger partial charge in [-0.05, 0) is 73.6 Å². The Morgan fingerprint density at radius 2 is 1.58 bits per heavy atom. The van der Waals surface area contributed by atoms with Crippen molar-refractivity contribution < 1.29 is 19.0 Å². The van der Waals surface area contributed by atoms with Crippen molar-refractivity contribution in [2.24, 2.45) is 16.7 Å². The molecule has 0 saturated heterocycles. The fourth-order valence-corrected chi connectivity index (χ4v) is 5.26. The van der Waals surface area contributed by atoms with Crippen molar-refractivity contribution in [3.05, 3.63) is 34.9 Å². The molecule has 0 saturated carbocycles. The Morgan fingerprint density at radius 3 is 2.08 bits per heavy atom. The Labute approximate surface area is 221 Å². The van der Waals surface area contributed by atoms with Crippen LogP contribution in [0.1, 0.15) is 118 Å². The van der Waals surface area contributed by atoms with Gasteiger partial charge in [-0.2, -0.15) is 0 Å². The van der Waals surface area contributed by atoms with Gasteiger partial charge in [0.05, 0.1) is 19.6 Å². The van der Waals surface area contributed by atoms with Gasteiger partial charge in [0.25, 0.3) is 0 Å². The maximum atomic E-state index is 12.5. The average Bonchev–Trinajstić information content (AvgIpc) is 2.80. The van der Waals surface area contributed by atoms with Gasteiger partial charge >= 0.3 is 5.97 Å². The third-order valence-electron chi connectivity index (χ3n) is 8.22. The Morgan fingerprint density at radius 1 is 1.00 bits per heavy atom. The summed E-state index contributed by atoms with van der Waals surface area (Å²) in [6, 6.07) is 4.44. The minimum absolute atomic E-state index is 0.0370. The van der Waals surface area contributed by atoms with Gasteiger partial charge in [0, 0.05) is 11.5 Å². The molecule has 0 unspecified atom stereocenters. The number of carbonyl (C=O) groups excluding carboxylic acids is 1. The highest BCUT2D eigenvalue weighted by molar-refractivity contribution is 5.75. The molecule has 1 aromatic carbocycles. The third kappa shape index (κ3) is 7.29. The van der Waals surface area contributed by atoms with Crippen molar-refractivity contribution in [2.45, 2.75) is 112 Å². The highest BCUT2D eigenvalue weighted by Gasteiger charge is 2.39.